The molecular formula is C19H30ClN3O4S. The SMILES string of the molecule is CC[C@H](C)[C@H](NS(=O)(=O)c1ccc(C)cc1Cl)C(=O)NCCN1CCOCC1. The summed E-state index contributed by atoms with van der Waals surface area (Å²) in [6.07, 6.45) is 0.658. The second-order valence-electron chi connectivity index (χ2n) is 7.16. The Balaban J connectivity index is 2.04. The van der Waals surface area contributed by atoms with Crippen molar-refractivity contribution in [1.29, 1.82) is 0 Å². The van der Waals surface area contributed by atoms with E-state index in [4.69, 9.17) is 16.3 Å². The van der Waals surface area contributed by atoms with Crippen molar-refractivity contribution < 1.29 is 17.9 Å². The van der Waals surface area contributed by atoms with Gasteiger partial charge in [0, 0.05) is 26.2 Å². The minimum atomic E-state index is -3.92. The number of benzene rings is 1. The Kier molecular flexibility index (Phi) is 8.70. The zero-order chi connectivity index (χ0) is 20.7. The van der Waals surface area contributed by atoms with Gasteiger partial charge in [-0.25, -0.2) is 8.42 Å². The summed E-state index contributed by atoms with van der Waals surface area (Å²) in [5, 5.41) is 3.00. The predicted octanol–water partition coefficient (Wildman–Crippen LogP) is 1.79. The largest absolute Gasteiger partial charge is 0.379 e. The van der Waals surface area contributed by atoms with E-state index in [0.717, 1.165) is 18.7 Å². The molecule has 1 aliphatic heterocycles. The van der Waals surface area contributed by atoms with Gasteiger partial charge >= 0.3 is 0 Å². The van der Waals surface area contributed by atoms with Crippen LogP contribution < -0.4 is 10.0 Å². The molecule has 28 heavy (non-hydrogen) atoms. The van der Waals surface area contributed by atoms with E-state index in [0.29, 0.717) is 32.7 Å². The highest BCUT2D eigenvalue weighted by molar-refractivity contribution is 7.89. The Morgan fingerprint density at radius 2 is 2.00 bits per heavy atom. The fourth-order valence-corrected chi connectivity index (χ4v) is 4.89. The molecule has 9 heteroatoms. The number of carbonyl (C=O) groups excluding carboxylic acids is 1. The van der Waals surface area contributed by atoms with Gasteiger partial charge in [-0.2, -0.15) is 4.72 Å². The van der Waals surface area contributed by atoms with E-state index in [1.165, 1.54) is 6.07 Å². The molecule has 1 aliphatic rings. The van der Waals surface area contributed by atoms with Crippen LogP contribution in [0, 0.1) is 12.8 Å². The van der Waals surface area contributed by atoms with Crippen molar-refractivity contribution in [2.75, 3.05) is 39.4 Å². The molecule has 1 fully saturated rings. The third-order valence-corrected chi connectivity index (χ3v) is 6.91. The lowest BCUT2D eigenvalue weighted by Crippen LogP contribution is -2.51. The van der Waals surface area contributed by atoms with E-state index in [1.54, 1.807) is 12.1 Å². The molecule has 1 heterocycles. The fourth-order valence-electron chi connectivity index (χ4n) is 2.99. The number of hydrogen-bond donors (Lipinski definition) is 2. The summed E-state index contributed by atoms with van der Waals surface area (Å²) in [5.41, 5.74) is 0.864. The van der Waals surface area contributed by atoms with Gasteiger partial charge in [0.15, 0.2) is 0 Å². The highest BCUT2D eigenvalue weighted by Gasteiger charge is 2.30. The van der Waals surface area contributed by atoms with Crippen LogP contribution in [0.15, 0.2) is 23.1 Å². The maximum Gasteiger partial charge on any atom is 0.242 e. The first-order valence-electron chi connectivity index (χ1n) is 9.61. The van der Waals surface area contributed by atoms with Crippen molar-refractivity contribution in [3.63, 3.8) is 0 Å². The molecule has 2 N–H and O–H groups in total. The van der Waals surface area contributed by atoms with E-state index < -0.39 is 16.1 Å². The highest BCUT2D eigenvalue weighted by Crippen LogP contribution is 2.23. The number of halogens is 1. The van der Waals surface area contributed by atoms with Crippen LogP contribution in [-0.2, 0) is 19.6 Å². The molecule has 1 aromatic carbocycles. The van der Waals surface area contributed by atoms with Crippen LogP contribution in [0.5, 0.6) is 0 Å². The molecule has 0 unspecified atom stereocenters. The van der Waals surface area contributed by atoms with Crippen molar-refractivity contribution in [3.05, 3.63) is 28.8 Å². The average molecular weight is 432 g/mol. The van der Waals surface area contributed by atoms with Gasteiger partial charge in [-0.15, -0.1) is 0 Å². The summed E-state index contributed by atoms with van der Waals surface area (Å²) in [7, 11) is -3.92. The van der Waals surface area contributed by atoms with Gasteiger partial charge in [0.25, 0.3) is 0 Å². The molecule has 2 rings (SSSR count). The van der Waals surface area contributed by atoms with Crippen LogP contribution in [0.2, 0.25) is 5.02 Å². The average Bonchev–Trinajstić information content (AvgIpc) is 2.66. The molecule has 0 aromatic heterocycles. The number of morpholine rings is 1. The summed E-state index contributed by atoms with van der Waals surface area (Å²) in [4.78, 5) is 14.9. The predicted molar refractivity (Wildman–Crippen MR) is 110 cm³/mol. The number of nitrogens with zero attached hydrogens (tertiary/aromatic N) is 1. The first-order chi connectivity index (χ1) is 13.2. The number of carbonyl (C=O) groups is 1. The molecule has 7 nitrogen and oxygen atoms in total. The summed E-state index contributed by atoms with van der Waals surface area (Å²) in [5.74, 6) is -0.489. The Bertz CT molecular complexity index is 766. The lowest BCUT2D eigenvalue weighted by Gasteiger charge is -2.27. The molecule has 0 bridgehead atoms. The third-order valence-electron chi connectivity index (χ3n) is 4.99. The maximum atomic E-state index is 12.8. The lowest BCUT2D eigenvalue weighted by molar-refractivity contribution is -0.123. The molecule has 0 aliphatic carbocycles. The van der Waals surface area contributed by atoms with Gasteiger partial charge in [0.2, 0.25) is 15.9 Å². The molecule has 2 atom stereocenters. The summed E-state index contributed by atoms with van der Waals surface area (Å²) in [6, 6.07) is 3.87. The first-order valence-corrected chi connectivity index (χ1v) is 11.5. The van der Waals surface area contributed by atoms with Crippen molar-refractivity contribution in [2.45, 2.75) is 38.1 Å². The monoisotopic (exact) mass is 431 g/mol. The highest BCUT2D eigenvalue weighted by atomic mass is 35.5. The van der Waals surface area contributed by atoms with Gasteiger partial charge in [-0.3, -0.25) is 9.69 Å². The van der Waals surface area contributed by atoms with Crippen molar-refractivity contribution in [3.8, 4) is 0 Å². The molecule has 1 aromatic rings. The molecule has 1 amide bonds. The van der Waals surface area contributed by atoms with Crippen LogP contribution in [0.25, 0.3) is 0 Å². The standard InChI is InChI=1S/C19H30ClN3O4S/c1-4-15(3)18(19(24)21-7-8-23-9-11-27-12-10-23)22-28(25,26)17-6-5-14(2)13-16(17)20/h5-6,13,15,18,22H,4,7-12H2,1-3H3,(H,21,24)/t15-,18-/m0/s1. The second kappa shape index (κ2) is 10.5. The first kappa shape index (κ1) is 23.1. The topological polar surface area (TPSA) is 87.7 Å². The number of hydrogen-bond acceptors (Lipinski definition) is 5. The van der Waals surface area contributed by atoms with Gasteiger partial charge in [0.1, 0.15) is 10.9 Å². The normalized spacial score (nSPS) is 17.9. The van der Waals surface area contributed by atoms with Crippen molar-refractivity contribution in [2.24, 2.45) is 5.92 Å². The molecule has 158 valence electrons. The maximum absolute atomic E-state index is 12.8. The minimum absolute atomic E-state index is 0.0193. The molecule has 1 saturated heterocycles. The zero-order valence-electron chi connectivity index (χ0n) is 16.7. The quantitative estimate of drug-likeness (QED) is 0.622. The van der Waals surface area contributed by atoms with E-state index in [-0.39, 0.29) is 21.7 Å². The van der Waals surface area contributed by atoms with Crippen LogP contribution in [0.1, 0.15) is 25.8 Å². The number of amides is 1. The summed E-state index contributed by atoms with van der Waals surface area (Å²) >= 11 is 6.12. The van der Waals surface area contributed by atoms with Gasteiger partial charge in [-0.05, 0) is 30.5 Å². The number of aryl methyl sites for hydroxylation is 1. The number of nitrogens with one attached hydrogen (secondary N) is 2. The molecular weight excluding hydrogens is 402 g/mol. The number of ether oxygens (including phenoxy) is 1. The number of rotatable bonds is 9. The van der Waals surface area contributed by atoms with Crippen LogP contribution in [0.3, 0.4) is 0 Å². The molecule has 0 radical (unpaired) electrons. The van der Waals surface area contributed by atoms with Crippen LogP contribution in [-0.4, -0.2) is 64.7 Å². The second-order valence-corrected chi connectivity index (χ2v) is 9.25. The summed E-state index contributed by atoms with van der Waals surface area (Å²) < 4.78 is 33.5. The van der Waals surface area contributed by atoms with E-state index in [9.17, 15) is 13.2 Å². The Morgan fingerprint density at radius 3 is 2.61 bits per heavy atom. The van der Waals surface area contributed by atoms with Crippen molar-refractivity contribution in [1.82, 2.24) is 14.9 Å². The Morgan fingerprint density at radius 1 is 1.32 bits per heavy atom. The number of sulfonamides is 1. The molecule has 0 saturated carbocycles. The molecule has 0 spiro atoms. The van der Waals surface area contributed by atoms with E-state index in [1.807, 2.05) is 20.8 Å². The third kappa shape index (κ3) is 6.42. The summed E-state index contributed by atoms with van der Waals surface area (Å²) in [6.45, 7) is 9.84. The smallest absolute Gasteiger partial charge is 0.242 e. The Hall–Kier alpha value is -1.19. The van der Waals surface area contributed by atoms with E-state index >= 15 is 0 Å². The van der Waals surface area contributed by atoms with Crippen molar-refractivity contribution >= 4 is 27.5 Å². The van der Waals surface area contributed by atoms with Crippen LogP contribution >= 0.6 is 11.6 Å². The van der Waals surface area contributed by atoms with Gasteiger partial charge in [0.05, 0.1) is 18.2 Å². The zero-order valence-corrected chi connectivity index (χ0v) is 18.3. The van der Waals surface area contributed by atoms with Gasteiger partial charge < -0.3 is 10.1 Å². The Labute approximate surface area is 172 Å². The van der Waals surface area contributed by atoms with E-state index in [2.05, 4.69) is 14.9 Å². The van der Waals surface area contributed by atoms with Gasteiger partial charge in [-0.1, -0.05) is 37.9 Å². The van der Waals surface area contributed by atoms with Crippen LogP contribution in [0.4, 0.5) is 0 Å². The fraction of sp³-hybridized carbons (Fsp3) is 0.632. The lowest BCUT2D eigenvalue weighted by atomic mass is 9.99. The minimum Gasteiger partial charge on any atom is -0.379 e.